The molecule has 1 saturated carbocycles. The van der Waals surface area contributed by atoms with E-state index in [1.54, 1.807) is 0 Å². The maximum Gasteiger partial charge on any atom is 4.00 e. The summed E-state index contributed by atoms with van der Waals surface area (Å²) in [5, 5.41) is 6.89. The van der Waals surface area contributed by atoms with Gasteiger partial charge in [-0.2, -0.15) is 12.5 Å². The van der Waals surface area contributed by atoms with Crippen LogP contribution in [0.15, 0.2) is 121 Å². The Labute approximate surface area is 217 Å². The van der Waals surface area contributed by atoms with Crippen molar-refractivity contribution in [3.8, 4) is 0 Å². The predicted molar refractivity (Wildman–Crippen MR) is 137 cm³/mol. The Hall–Kier alpha value is -2.25. The molecule has 170 valence electrons. The van der Waals surface area contributed by atoms with Gasteiger partial charge in [0.25, 0.3) is 0 Å². The van der Waals surface area contributed by atoms with Crippen molar-refractivity contribution in [1.82, 2.24) is 0 Å². The van der Waals surface area contributed by atoms with E-state index in [4.69, 9.17) is 0 Å². The van der Waals surface area contributed by atoms with E-state index in [9.17, 15) is 0 Å². The number of rotatable bonds is 3. The van der Waals surface area contributed by atoms with Gasteiger partial charge in [0.1, 0.15) is 0 Å². The summed E-state index contributed by atoms with van der Waals surface area (Å²) in [7, 11) is -0.493. The monoisotopic (exact) mass is 504 g/mol. The van der Waals surface area contributed by atoms with Crippen LogP contribution in [0.25, 0.3) is 10.8 Å². The molecule has 1 fully saturated rings. The van der Waals surface area contributed by atoms with E-state index in [0.717, 1.165) is 11.8 Å². The molecule has 34 heavy (non-hydrogen) atoms. The summed E-state index contributed by atoms with van der Waals surface area (Å²) in [5.74, 6) is 1.62. The fourth-order valence-corrected chi connectivity index (χ4v) is 6.93. The van der Waals surface area contributed by atoms with Crippen molar-refractivity contribution >= 4 is 34.6 Å². The third kappa shape index (κ3) is 6.45. The molecule has 6 rings (SSSR count). The van der Waals surface area contributed by atoms with Gasteiger partial charge in [-0.05, 0) is 24.4 Å². The number of fused-ring (bicyclic) bond motifs is 2. The van der Waals surface area contributed by atoms with Crippen LogP contribution in [0, 0.1) is 18.3 Å². The van der Waals surface area contributed by atoms with E-state index in [2.05, 4.69) is 128 Å². The van der Waals surface area contributed by atoms with Crippen LogP contribution in [0.2, 0.25) is 0 Å². The molecule has 4 heteroatoms. The van der Waals surface area contributed by atoms with E-state index in [1.165, 1.54) is 39.5 Å². The maximum absolute atomic E-state index is 2.42. The molecule has 2 aliphatic rings. The van der Waals surface area contributed by atoms with E-state index in [0.29, 0.717) is 0 Å². The van der Waals surface area contributed by atoms with Crippen molar-refractivity contribution in [2.24, 2.45) is 11.8 Å². The van der Waals surface area contributed by atoms with Crippen LogP contribution in [-0.4, -0.2) is 0 Å². The summed E-state index contributed by atoms with van der Waals surface area (Å²) in [6.45, 7) is 0. The van der Waals surface area contributed by atoms with Crippen LogP contribution in [-0.2, 0) is 21.7 Å². The predicted octanol–water partition coefficient (Wildman–Crippen LogP) is 0.665. The minimum Gasteiger partial charge on any atom is -1.00 e. The quantitative estimate of drug-likeness (QED) is 0.219. The standard InChI is InChI=1S/C21H16P.C9H11.2FH.Ti/c1-3-11-19(12-4-1)22(20-13-5-2-6-14-20)21-15-17-9-7-8-10-18(17)16-21;1-2-5-9-7-3-6-8(9)4-1;;;/h1-16H;1-2,4-6,8-9H,3,7H2;2*1H;/q2*-1;;;+4/p-2. The molecule has 2 atom stereocenters. The first-order valence-electron chi connectivity index (χ1n) is 11.1. The molecule has 0 radical (unpaired) electrons. The van der Waals surface area contributed by atoms with Gasteiger partial charge >= 0.3 is 21.7 Å². The molecule has 0 bridgehead atoms. The molecule has 0 saturated heterocycles. The van der Waals surface area contributed by atoms with Gasteiger partial charge in [0.05, 0.1) is 0 Å². The SMILES string of the molecule is C1=CC2[CH-]CCC2C=C1.[F-].[F-].[Ti+4].c1ccc(P(c2ccccc2)c2cc3ccccc3[cH-]2)cc1. The van der Waals surface area contributed by atoms with E-state index in [1.807, 2.05) is 0 Å². The third-order valence-electron chi connectivity index (χ3n) is 6.13. The Kier molecular flexibility index (Phi) is 11.2. The van der Waals surface area contributed by atoms with Gasteiger partial charge in [-0.15, -0.1) is 52.3 Å². The van der Waals surface area contributed by atoms with Crippen molar-refractivity contribution in [1.29, 1.82) is 0 Å². The molecule has 0 heterocycles. The zero-order valence-corrected chi connectivity index (χ0v) is 21.4. The van der Waals surface area contributed by atoms with Gasteiger partial charge in [-0.25, -0.2) is 0 Å². The molecule has 4 aromatic rings. The number of benzene rings is 3. The Morgan fingerprint density at radius 2 is 1.29 bits per heavy atom. The van der Waals surface area contributed by atoms with Crippen LogP contribution in [0.3, 0.4) is 0 Å². The number of hydrogen-bond acceptors (Lipinski definition) is 0. The summed E-state index contributed by atoms with van der Waals surface area (Å²) >= 11 is 0. The average Bonchev–Trinajstić information content (AvgIpc) is 3.48. The number of hydrogen-bond donors (Lipinski definition) is 0. The zero-order chi connectivity index (χ0) is 20.9. The second-order valence-electron chi connectivity index (χ2n) is 8.17. The molecular weight excluding hydrogens is 477 g/mol. The maximum atomic E-state index is 2.42. The average molecular weight is 504 g/mol. The minimum absolute atomic E-state index is 0. The Balaban J connectivity index is 0.000000290. The molecule has 2 aliphatic carbocycles. The normalized spacial score (nSPS) is 17.6. The Morgan fingerprint density at radius 3 is 1.91 bits per heavy atom. The molecule has 0 aromatic heterocycles. The van der Waals surface area contributed by atoms with Crippen LogP contribution in [0.4, 0.5) is 0 Å². The van der Waals surface area contributed by atoms with Crippen LogP contribution >= 0.6 is 7.92 Å². The smallest absolute Gasteiger partial charge is 1.00 e. The summed E-state index contributed by atoms with van der Waals surface area (Å²) < 4.78 is 0. The van der Waals surface area contributed by atoms with Gasteiger partial charge < -0.3 is 15.8 Å². The summed E-state index contributed by atoms with van der Waals surface area (Å²) in [5.41, 5.74) is 0. The Morgan fingerprint density at radius 1 is 0.706 bits per heavy atom. The van der Waals surface area contributed by atoms with Crippen LogP contribution in [0.1, 0.15) is 12.8 Å². The molecule has 0 N–H and O–H groups in total. The first-order chi connectivity index (χ1) is 15.4. The fourth-order valence-electron chi connectivity index (χ4n) is 4.56. The van der Waals surface area contributed by atoms with Gasteiger partial charge in [0.2, 0.25) is 0 Å². The summed E-state index contributed by atoms with van der Waals surface area (Å²) in [4.78, 5) is 0. The van der Waals surface area contributed by atoms with Crippen molar-refractivity contribution in [2.45, 2.75) is 12.8 Å². The summed E-state index contributed by atoms with van der Waals surface area (Å²) in [6, 6.07) is 35.0. The molecule has 0 aliphatic heterocycles. The van der Waals surface area contributed by atoms with Gasteiger partial charge in [0.15, 0.2) is 0 Å². The molecule has 2 unspecified atom stereocenters. The van der Waals surface area contributed by atoms with E-state index in [-0.39, 0.29) is 31.1 Å². The topological polar surface area (TPSA) is 0 Å². The first kappa shape index (κ1) is 28.0. The van der Waals surface area contributed by atoms with Gasteiger partial charge in [0, 0.05) is 0 Å². The third-order valence-corrected chi connectivity index (χ3v) is 8.53. The van der Waals surface area contributed by atoms with Gasteiger partial charge in [-0.3, -0.25) is 0 Å². The minimum atomic E-state index is -0.493. The first-order valence-corrected chi connectivity index (χ1v) is 12.5. The van der Waals surface area contributed by atoms with Crippen molar-refractivity contribution in [3.63, 3.8) is 0 Å². The van der Waals surface area contributed by atoms with Crippen molar-refractivity contribution < 1.29 is 31.1 Å². The Bertz CT molecular complexity index is 1090. The zero-order valence-electron chi connectivity index (χ0n) is 18.9. The number of halogens is 2. The fraction of sp³-hybridized carbons (Fsp3) is 0.133. The van der Waals surface area contributed by atoms with Gasteiger partial charge in [-0.1, -0.05) is 91.4 Å². The molecule has 0 nitrogen and oxygen atoms in total. The second-order valence-corrected chi connectivity index (χ2v) is 10.4. The molecule has 0 spiro atoms. The summed E-state index contributed by atoms with van der Waals surface area (Å²) in [6.07, 6.45) is 14.1. The van der Waals surface area contributed by atoms with Crippen LogP contribution in [0.5, 0.6) is 0 Å². The van der Waals surface area contributed by atoms with Crippen LogP contribution < -0.4 is 25.3 Å². The molecular formula is C30H27F2PTi. The van der Waals surface area contributed by atoms with E-state index < -0.39 is 7.92 Å². The largest absolute Gasteiger partial charge is 4.00 e. The second kappa shape index (κ2) is 13.6. The van der Waals surface area contributed by atoms with Crippen molar-refractivity contribution in [2.75, 3.05) is 0 Å². The van der Waals surface area contributed by atoms with E-state index >= 15 is 0 Å². The molecule has 4 aromatic carbocycles. The van der Waals surface area contributed by atoms with Crippen molar-refractivity contribution in [3.05, 3.63) is 128 Å². The number of allylic oxidation sites excluding steroid dienone is 4. The molecule has 0 amide bonds.